The van der Waals surface area contributed by atoms with Crippen LogP contribution in [0.3, 0.4) is 0 Å². The number of benzene rings is 1. The summed E-state index contributed by atoms with van der Waals surface area (Å²) in [6, 6.07) is 5.99. The Morgan fingerprint density at radius 3 is 2.22 bits per heavy atom. The van der Waals surface area contributed by atoms with Gasteiger partial charge in [0.05, 0.1) is 12.5 Å². The summed E-state index contributed by atoms with van der Waals surface area (Å²) in [4.78, 5) is 22.3. The Hall–Kier alpha value is -1.72. The van der Waals surface area contributed by atoms with Crippen molar-refractivity contribution < 1.29 is 14.7 Å². The van der Waals surface area contributed by atoms with E-state index in [4.69, 9.17) is 16.6 Å². The molecule has 0 aliphatic carbocycles. The maximum absolute atomic E-state index is 11.8. The summed E-state index contributed by atoms with van der Waals surface area (Å²) in [6.45, 7) is 1.90. The number of carboxylic acid groups (broad SMARTS) is 1. The summed E-state index contributed by atoms with van der Waals surface area (Å²) in [7, 11) is 0. The Labute approximate surface area is 106 Å². The van der Waals surface area contributed by atoms with E-state index in [9.17, 15) is 9.59 Å². The van der Waals surface area contributed by atoms with Crippen molar-refractivity contribution in [1.29, 1.82) is 0 Å². The van der Waals surface area contributed by atoms with E-state index in [1.165, 1.54) is 0 Å². The van der Waals surface area contributed by atoms with Crippen LogP contribution in [0.4, 0.5) is 0 Å². The molecule has 1 aromatic rings. The molecule has 98 valence electrons. The van der Waals surface area contributed by atoms with Crippen molar-refractivity contribution in [2.24, 2.45) is 11.5 Å². The molecule has 5 nitrogen and oxygen atoms in total. The molecule has 0 bridgehead atoms. The number of aliphatic carboxylic acids is 1. The van der Waals surface area contributed by atoms with Crippen molar-refractivity contribution in [1.82, 2.24) is 0 Å². The van der Waals surface area contributed by atoms with Gasteiger partial charge in [-0.25, -0.2) is 0 Å². The smallest absolute Gasteiger partial charge is 0.305 e. The molecule has 0 fully saturated rings. The molecule has 0 radical (unpaired) electrons. The van der Waals surface area contributed by atoms with E-state index in [2.05, 4.69) is 0 Å². The maximum atomic E-state index is 11.8. The first kappa shape index (κ1) is 14.3. The van der Waals surface area contributed by atoms with Gasteiger partial charge < -0.3 is 16.6 Å². The molecular weight excluding hydrogens is 232 g/mol. The van der Waals surface area contributed by atoms with Crippen molar-refractivity contribution in [3.05, 3.63) is 35.4 Å². The Kier molecular flexibility index (Phi) is 5.00. The summed E-state index contributed by atoms with van der Waals surface area (Å²) in [5.74, 6) is -1.44. The van der Waals surface area contributed by atoms with Gasteiger partial charge in [-0.1, -0.05) is 24.3 Å². The van der Waals surface area contributed by atoms with Crippen LogP contribution < -0.4 is 11.5 Å². The highest BCUT2D eigenvalue weighted by atomic mass is 16.4. The first-order chi connectivity index (χ1) is 8.40. The second kappa shape index (κ2) is 6.28. The van der Waals surface area contributed by atoms with E-state index in [1.54, 1.807) is 12.1 Å². The van der Waals surface area contributed by atoms with Crippen molar-refractivity contribution >= 4 is 11.8 Å². The van der Waals surface area contributed by atoms with Crippen LogP contribution >= 0.6 is 0 Å². The number of carbonyl (C=O) groups is 2. The molecule has 5 N–H and O–H groups in total. The minimum Gasteiger partial charge on any atom is -0.481 e. The fourth-order valence-electron chi connectivity index (χ4n) is 1.67. The predicted octanol–water partition coefficient (Wildman–Crippen LogP) is 0.561. The number of carboxylic acids is 1. The molecule has 0 saturated carbocycles. The van der Waals surface area contributed by atoms with Gasteiger partial charge in [0.1, 0.15) is 0 Å². The molecule has 5 heteroatoms. The van der Waals surface area contributed by atoms with Crippen molar-refractivity contribution in [3.8, 4) is 0 Å². The fourth-order valence-corrected chi connectivity index (χ4v) is 1.67. The first-order valence-corrected chi connectivity index (χ1v) is 5.76. The van der Waals surface area contributed by atoms with E-state index in [0.29, 0.717) is 5.56 Å². The number of hydrogen-bond acceptors (Lipinski definition) is 4. The van der Waals surface area contributed by atoms with E-state index < -0.39 is 12.0 Å². The number of carbonyl (C=O) groups excluding carboxylic acids is 1. The van der Waals surface area contributed by atoms with Crippen LogP contribution in [0.1, 0.15) is 29.3 Å². The zero-order chi connectivity index (χ0) is 13.7. The topological polar surface area (TPSA) is 106 Å². The lowest BCUT2D eigenvalue weighted by atomic mass is 9.99. The van der Waals surface area contributed by atoms with E-state index >= 15 is 0 Å². The van der Waals surface area contributed by atoms with Gasteiger partial charge in [-0.3, -0.25) is 9.59 Å². The van der Waals surface area contributed by atoms with Crippen LogP contribution in [-0.2, 0) is 11.2 Å². The summed E-state index contributed by atoms with van der Waals surface area (Å²) in [5.41, 5.74) is 12.7. The second-order valence-corrected chi connectivity index (χ2v) is 4.45. The zero-order valence-corrected chi connectivity index (χ0v) is 10.3. The molecule has 0 spiro atoms. The summed E-state index contributed by atoms with van der Waals surface area (Å²) in [5, 5.41) is 8.58. The van der Waals surface area contributed by atoms with Gasteiger partial charge in [-0.15, -0.1) is 0 Å². The highest BCUT2D eigenvalue weighted by molar-refractivity contribution is 6.01. The van der Waals surface area contributed by atoms with E-state index in [0.717, 1.165) is 12.0 Å². The molecule has 18 heavy (non-hydrogen) atoms. The highest BCUT2D eigenvalue weighted by Crippen LogP contribution is 2.09. The zero-order valence-electron chi connectivity index (χ0n) is 10.3. The third kappa shape index (κ3) is 4.27. The van der Waals surface area contributed by atoms with Gasteiger partial charge in [0.2, 0.25) is 0 Å². The monoisotopic (exact) mass is 250 g/mol. The van der Waals surface area contributed by atoms with E-state index in [1.807, 2.05) is 19.1 Å². The normalized spacial score (nSPS) is 13.9. The van der Waals surface area contributed by atoms with Crippen LogP contribution in [0, 0.1) is 0 Å². The van der Waals surface area contributed by atoms with Crippen LogP contribution in [-0.4, -0.2) is 28.9 Å². The van der Waals surface area contributed by atoms with Crippen molar-refractivity contribution in [2.75, 3.05) is 0 Å². The van der Waals surface area contributed by atoms with Gasteiger partial charge in [0, 0.05) is 11.6 Å². The molecule has 0 saturated heterocycles. The number of Topliss-reactive ketones (excluding diaryl/α,β-unsaturated/α-hetero) is 1. The van der Waals surface area contributed by atoms with Crippen LogP contribution in [0.2, 0.25) is 0 Å². The fraction of sp³-hybridized carbons (Fsp3) is 0.385. The first-order valence-electron chi connectivity index (χ1n) is 5.76. The van der Waals surface area contributed by atoms with Crippen LogP contribution in [0.25, 0.3) is 0 Å². The summed E-state index contributed by atoms with van der Waals surface area (Å²) in [6.07, 6.45) is 0.371. The van der Waals surface area contributed by atoms with Crippen LogP contribution in [0.5, 0.6) is 0 Å². The number of hydrogen-bond donors (Lipinski definition) is 3. The van der Waals surface area contributed by atoms with Crippen LogP contribution in [0.15, 0.2) is 24.3 Å². The Morgan fingerprint density at radius 1 is 1.22 bits per heavy atom. The lowest BCUT2D eigenvalue weighted by Crippen LogP contribution is -2.32. The molecule has 0 heterocycles. The third-order valence-corrected chi connectivity index (χ3v) is 2.53. The second-order valence-electron chi connectivity index (χ2n) is 4.45. The largest absolute Gasteiger partial charge is 0.481 e. The Balaban J connectivity index is 2.72. The predicted molar refractivity (Wildman–Crippen MR) is 68.4 cm³/mol. The van der Waals surface area contributed by atoms with Gasteiger partial charge in [-0.05, 0) is 18.9 Å². The lowest BCUT2D eigenvalue weighted by Gasteiger charge is -2.09. The minimum absolute atomic E-state index is 0.0563. The molecule has 0 aliphatic rings. The molecule has 0 aromatic heterocycles. The number of nitrogens with two attached hydrogens (primary N) is 2. The molecule has 0 unspecified atom stereocenters. The standard InChI is InChI=1S/C13H18N2O3/c1-8(14)6-9-2-4-10(5-3-9)13(18)11(15)7-12(16)17/h2-5,8,11H,6-7,14-15H2,1H3,(H,16,17)/t8-,11+/m1/s1. The average Bonchev–Trinajstić information content (AvgIpc) is 2.27. The molecule has 0 amide bonds. The van der Waals surface area contributed by atoms with Gasteiger partial charge in [0.15, 0.2) is 5.78 Å². The number of rotatable bonds is 6. The molecule has 2 atom stereocenters. The maximum Gasteiger partial charge on any atom is 0.305 e. The summed E-state index contributed by atoms with van der Waals surface area (Å²) >= 11 is 0. The quantitative estimate of drug-likeness (QED) is 0.639. The highest BCUT2D eigenvalue weighted by Gasteiger charge is 2.18. The number of ketones is 1. The SMILES string of the molecule is C[C@@H](N)Cc1ccc(C(=O)[C@@H](N)CC(=O)O)cc1. The van der Waals surface area contributed by atoms with Gasteiger partial charge in [0.25, 0.3) is 0 Å². The Bertz CT molecular complexity index is 426. The molecule has 1 aromatic carbocycles. The van der Waals surface area contributed by atoms with Crippen molar-refractivity contribution in [3.63, 3.8) is 0 Å². The lowest BCUT2D eigenvalue weighted by molar-refractivity contribution is -0.137. The minimum atomic E-state index is -1.08. The van der Waals surface area contributed by atoms with Crippen molar-refractivity contribution in [2.45, 2.75) is 31.8 Å². The summed E-state index contributed by atoms with van der Waals surface area (Å²) < 4.78 is 0. The average molecular weight is 250 g/mol. The third-order valence-electron chi connectivity index (χ3n) is 2.53. The van der Waals surface area contributed by atoms with E-state index in [-0.39, 0.29) is 18.2 Å². The van der Waals surface area contributed by atoms with Gasteiger partial charge in [-0.2, -0.15) is 0 Å². The molecule has 1 rings (SSSR count). The van der Waals surface area contributed by atoms with Gasteiger partial charge >= 0.3 is 5.97 Å². The molecular formula is C13H18N2O3. The Morgan fingerprint density at radius 2 is 1.78 bits per heavy atom. The molecule has 0 aliphatic heterocycles.